The van der Waals surface area contributed by atoms with Crippen LogP contribution in [-0.2, 0) is 4.79 Å². The second kappa shape index (κ2) is 30.4. The summed E-state index contributed by atoms with van der Waals surface area (Å²) in [4.78, 5) is 32.7. The minimum absolute atomic E-state index is 0.0243. The summed E-state index contributed by atoms with van der Waals surface area (Å²) < 4.78 is 0. The SMILES string of the molecule is CC(C)(C)C.CC(C)(C)C.CC(C)(C)N1CC2CC(C1)CN(C(C)(C)C)C2.CC(C)(C)N1CC2CCCC(C1)N2C(C)(C)C.CC(C)N1CC2CCC1C(=O)N2C(C)(C)C.CN(CC1C=CC1)C(C)(C)C.CN(CC1CCC1)C(C)(C)C. The van der Waals surface area contributed by atoms with Gasteiger partial charge in [0.25, 0.3) is 0 Å². The number of amides is 1. The molecule has 0 aromatic carbocycles. The van der Waals surface area contributed by atoms with Gasteiger partial charge in [0.2, 0.25) is 5.91 Å². The third kappa shape index (κ3) is 27.5. The van der Waals surface area contributed by atoms with Gasteiger partial charge in [0, 0.05) is 122 Å². The highest BCUT2D eigenvalue weighted by Gasteiger charge is 2.49. The zero-order chi connectivity index (χ0) is 63.7. The highest BCUT2D eigenvalue weighted by molar-refractivity contribution is 5.84. The van der Waals surface area contributed by atoms with Crippen molar-refractivity contribution in [3.8, 4) is 0 Å². The van der Waals surface area contributed by atoms with Crippen molar-refractivity contribution >= 4 is 5.91 Å². The summed E-state index contributed by atoms with van der Waals surface area (Å²) in [6.45, 7) is 81.6. The molecule has 0 aromatic rings. The molecule has 7 saturated heterocycles. The highest BCUT2D eigenvalue weighted by Crippen LogP contribution is 2.39. The maximum Gasteiger partial charge on any atom is 0.240 e. The molecule has 7 heterocycles. The van der Waals surface area contributed by atoms with E-state index >= 15 is 0 Å². The van der Waals surface area contributed by atoms with Gasteiger partial charge >= 0.3 is 0 Å². The van der Waals surface area contributed by atoms with E-state index in [1.165, 1.54) is 110 Å². The Bertz CT molecular complexity index is 1780. The highest BCUT2D eigenvalue weighted by atomic mass is 16.2. The second-order valence-corrected chi connectivity index (χ2v) is 37.8. The first kappa shape index (κ1) is 77.0. The molecule has 82 heavy (non-hydrogen) atoms. The van der Waals surface area contributed by atoms with Crippen molar-refractivity contribution < 1.29 is 4.79 Å². The van der Waals surface area contributed by atoms with Crippen LogP contribution in [0.5, 0.6) is 0 Å². The van der Waals surface area contributed by atoms with Crippen molar-refractivity contribution in [2.45, 2.75) is 348 Å². The predicted molar refractivity (Wildman–Crippen MR) is 363 cm³/mol. The Kier molecular flexibility index (Phi) is 28.6. The summed E-state index contributed by atoms with van der Waals surface area (Å²) in [5, 5.41) is 0. The molecule has 0 spiro atoms. The molecule has 1 amide bonds. The van der Waals surface area contributed by atoms with E-state index in [2.05, 4.69) is 280 Å². The Hall–Kier alpha value is -1.07. The Morgan fingerprint density at radius 3 is 1.11 bits per heavy atom. The van der Waals surface area contributed by atoms with Crippen LogP contribution in [0.15, 0.2) is 12.2 Å². The van der Waals surface area contributed by atoms with Gasteiger partial charge in [0.15, 0.2) is 0 Å². The lowest BCUT2D eigenvalue weighted by Gasteiger charge is -2.58. The molecule has 9 rings (SSSR count). The number of rotatable bonds is 5. The predicted octanol–water partition coefficient (Wildman–Crippen LogP) is 16.7. The van der Waals surface area contributed by atoms with Crippen molar-refractivity contribution in [3.63, 3.8) is 0 Å². The van der Waals surface area contributed by atoms with Crippen LogP contribution < -0.4 is 0 Å². The van der Waals surface area contributed by atoms with Crippen LogP contribution >= 0.6 is 0 Å². The molecule has 8 fully saturated rings. The molecule has 486 valence electrons. The minimum atomic E-state index is -0.0243. The minimum Gasteiger partial charge on any atom is -0.332 e. The molecular weight excluding hydrogens is 1000 g/mol. The average molecular weight is 1150 g/mol. The zero-order valence-electron chi connectivity index (χ0n) is 61.8. The van der Waals surface area contributed by atoms with Gasteiger partial charge in [0.1, 0.15) is 0 Å². The molecular formula is C73H148N8O. The van der Waals surface area contributed by atoms with Crippen LogP contribution in [0.4, 0.5) is 0 Å². The summed E-state index contributed by atoms with van der Waals surface area (Å²) in [7, 11) is 4.44. The van der Waals surface area contributed by atoms with E-state index in [0.717, 1.165) is 48.7 Å². The van der Waals surface area contributed by atoms with Crippen LogP contribution in [0, 0.1) is 34.5 Å². The van der Waals surface area contributed by atoms with E-state index in [1.807, 2.05) is 0 Å². The third-order valence-electron chi connectivity index (χ3n) is 18.2. The summed E-state index contributed by atoms with van der Waals surface area (Å²) in [6.07, 6.45) is 18.1. The van der Waals surface area contributed by atoms with E-state index in [1.54, 1.807) is 0 Å². The quantitative estimate of drug-likeness (QED) is 0.252. The summed E-state index contributed by atoms with van der Waals surface area (Å²) in [6, 6.07) is 2.62. The fraction of sp³-hybridized carbons (Fsp3) is 0.959. The number of piperazine rings is 2. The molecule has 2 aliphatic carbocycles. The number of allylic oxidation sites excluding steroid dienone is 1. The number of hydrogen-bond acceptors (Lipinski definition) is 8. The van der Waals surface area contributed by atoms with Gasteiger partial charge in [0.05, 0.1) is 6.04 Å². The first-order chi connectivity index (χ1) is 36.7. The molecule has 0 radical (unpaired) electrons. The van der Waals surface area contributed by atoms with Crippen molar-refractivity contribution in [2.24, 2.45) is 34.5 Å². The second-order valence-electron chi connectivity index (χ2n) is 37.8. The molecule has 0 aromatic heterocycles. The summed E-state index contributed by atoms with van der Waals surface area (Å²) in [5.41, 5.74) is 3.02. The number of carbonyl (C=O) groups is 1. The Morgan fingerprint density at radius 1 is 0.463 bits per heavy atom. The van der Waals surface area contributed by atoms with Gasteiger partial charge in [-0.15, -0.1) is 0 Å². The molecule has 7 aliphatic heterocycles. The van der Waals surface area contributed by atoms with Gasteiger partial charge in [-0.2, -0.15) is 0 Å². The Labute approximate surface area is 515 Å². The number of likely N-dealkylation sites (tertiary alicyclic amines) is 3. The van der Waals surface area contributed by atoms with E-state index in [0.29, 0.717) is 62.1 Å². The molecule has 1 saturated carbocycles. The lowest BCUT2D eigenvalue weighted by molar-refractivity contribution is -0.163. The van der Waals surface area contributed by atoms with Crippen molar-refractivity contribution in [1.29, 1.82) is 0 Å². The summed E-state index contributed by atoms with van der Waals surface area (Å²) >= 11 is 0. The van der Waals surface area contributed by atoms with Gasteiger partial charge in [-0.3, -0.25) is 29.3 Å². The number of nitrogens with zero attached hydrogens (tertiary/aromatic N) is 8. The first-order valence-electron chi connectivity index (χ1n) is 33.9. The van der Waals surface area contributed by atoms with Gasteiger partial charge in [-0.1, -0.05) is 80.4 Å². The fourth-order valence-electron chi connectivity index (χ4n) is 12.8. The lowest BCUT2D eigenvalue weighted by Crippen LogP contribution is -2.70. The average Bonchev–Trinajstić information content (AvgIpc) is 3.22. The van der Waals surface area contributed by atoms with Crippen molar-refractivity contribution in [1.82, 2.24) is 39.2 Å². The Balaban J connectivity index is 0.000000339. The standard InChI is InChI=1S/2C15H30N2.C13H24N2O.C10H21N.C10H19N.2C5H12/c1-14(2,3)16-8-12-7-13(9-16)11-17(10-12)15(4,5)6;1-14(2,3)16-10-12-8-7-9-13(11-16)17(12)15(4,5)6;1-9(2)14-8-10-6-7-11(14)12(16)15(10)13(3,4)5;2*1-10(2,3)11(4)8-9-6-5-7-9;2*1-5(2,3)4/h2*12-13H,7-11H2,1-6H3;9-11H,6-8H2,1-5H3;9H,5-8H2,1-4H3;5-6,9H,7-8H2,1-4H3;2*1-4H3. The Morgan fingerprint density at radius 2 is 0.829 bits per heavy atom. The van der Waals surface area contributed by atoms with E-state index in [9.17, 15) is 4.79 Å². The van der Waals surface area contributed by atoms with Crippen LogP contribution in [0.1, 0.15) is 279 Å². The van der Waals surface area contributed by atoms with Gasteiger partial charge in [-0.25, -0.2) is 0 Å². The largest absolute Gasteiger partial charge is 0.332 e. The number of fused-ring (bicyclic) bond motifs is 7. The van der Waals surface area contributed by atoms with Crippen molar-refractivity contribution in [2.75, 3.05) is 73.0 Å². The van der Waals surface area contributed by atoms with E-state index < -0.39 is 0 Å². The molecule has 5 atom stereocenters. The smallest absolute Gasteiger partial charge is 0.240 e. The zero-order valence-corrected chi connectivity index (χ0v) is 61.8. The molecule has 0 N–H and O–H groups in total. The molecule has 6 bridgehead atoms. The molecule has 9 heteroatoms. The normalized spacial score (nSPS) is 27.2. The maximum atomic E-state index is 12.4. The van der Waals surface area contributed by atoms with Gasteiger partial charge < -0.3 is 14.7 Å². The van der Waals surface area contributed by atoms with E-state index in [4.69, 9.17) is 0 Å². The monoisotopic (exact) mass is 1150 g/mol. The number of hydrogen-bond donors (Lipinski definition) is 0. The fourth-order valence-corrected chi connectivity index (χ4v) is 12.8. The molecule has 9 aliphatic rings. The van der Waals surface area contributed by atoms with Crippen LogP contribution in [0.2, 0.25) is 0 Å². The van der Waals surface area contributed by atoms with Crippen LogP contribution in [0.3, 0.4) is 0 Å². The molecule has 5 unspecified atom stereocenters. The maximum absolute atomic E-state index is 12.4. The lowest BCUT2D eigenvalue weighted by atomic mass is 9.81. The van der Waals surface area contributed by atoms with Gasteiger partial charge in [-0.05, 0) is 259 Å². The summed E-state index contributed by atoms with van der Waals surface area (Å²) in [5.74, 6) is 3.95. The first-order valence-corrected chi connectivity index (χ1v) is 33.9. The third-order valence-corrected chi connectivity index (χ3v) is 18.2. The topological polar surface area (TPSA) is 43.0 Å². The van der Waals surface area contributed by atoms with Crippen LogP contribution in [0.25, 0.3) is 0 Å². The van der Waals surface area contributed by atoms with E-state index in [-0.39, 0.29) is 11.6 Å². The number of piperidine rings is 5. The van der Waals surface area contributed by atoms with Crippen molar-refractivity contribution in [3.05, 3.63) is 12.2 Å². The number of carbonyl (C=O) groups excluding carboxylic acids is 1. The molecule has 9 nitrogen and oxygen atoms in total. The van der Waals surface area contributed by atoms with Crippen LogP contribution in [-0.4, -0.2) is 187 Å².